The molecule has 0 bridgehead atoms. The van der Waals surface area contributed by atoms with Crippen molar-refractivity contribution in [3.05, 3.63) is 22.8 Å². The number of aromatic nitrogens is 1. The van der Waals surface area contributed by atoms with Crippen LogP contribution in [0.2, 0.25) is 0 Å². The average Bonchev–Trinajstić information content (AvgIpc) is 2.50. The van der Waals surface area contributed by atoms with Gasteiger partial charge in [-0.1, -0.05) is 0 Å². The maximum Gasteiger partial charge on any atom is 0.292 e. The molecule has 0 spiro atoms. The van der Waals surface area contributed by atoms with Crippen molar-refractivity contribution in [2.75, 3.05) is 19.5 Å². The molecule has 5 nitrogen and oxygen atoms in total. The van der Waals surface area contributed by atoms with E-state index < -0.39 is 0 Å². The largest absolute Gasteiger partial charge is 0.471 e. The van der Waals surface area contributed by atoms with E-state index in [2.05, 4.69) is 31.0 Å². The lowest BCUT2D eigenvalue weighted by atomic mass is 9.93. The number of anilines is 1. The van der Waals surface area contributed by atoms with Crippen molar-refractivity contribution in [2.24, 2.45) is 0 Å². The molecule has 1 heterocycles. The van der Waals surface area contributed by atoms with E-state index in [0.717, 1.165) is 16.7 Å². The number of methoxy groups -OCH3 is 2. The first-order valence-electron chi connectivity index (χ1n) is 6.57. The second kappa shape index (κ2) is 9.72. The van der Waals surface area contributed by atoms with Crippen molar-refractivity contribution in [3.8, 4) is 0 Å². The molecule has 1 aliphatic rings. The molecule has 2 rings (SSSR count). The topological polar surface area (TPSA) is 60.4 Å². The second-order valence-corrected chi connectivity index (χ2v) is 5.47. The summed E-state index contributed by atoms with van der Waals surface area (Å²) in [5.74, 6) is 0.949. The number of carbonyl (C=O) groups excluding carboxylic acids is 1. The summed E-state index contributed by atoms with van der Waals surface area (Å²) in [7, 11) is 3.11. The maximum atomic E-state index is 8.95. The van der Waals surface area contributed by atoms with Crippen LogP contribution in [0.15, 0.2) is 22.8 Å². The van der Waals surface area contributed by atoms with E-state index in [9.17, 15) is 0 Å². The van der Waals surface area contributed by atoms with Crippen molar-refractivity contribution in [1.82, 2.24) is 4.98 Å². The number of rotatable bonds is 4. The van der Waals surface area contributed by atoms with Crippen molar-refractivity contribution >= 4 is 28.2 Å². The van der Waals surface area contributed by atoms with Crippen LogP contribution >= 0.6 is 15.9 Å². The van der Waals surface area contributed by atoms with Gasteiger partial charge in [0.1, 0.15) is 5.82 Å². The minimum atomic E-state index is 0.375. The van der Waals surface area contributed by atoms with Crippen molar-refractivity contribution < 1.29 is 14.3 Å². The van der Waals surface area contributed by atoms with Gasteiger partial charge in [-0.25, -0.2) is 4.98 Å². The zero-order valence-electron chi connectivity index (χ0n) is 11.8. The first-order chi connectivity index (χ1) is 9.69. The molecule has 1 aliphatic carbocycles. The van der Waals surface area contributed by atoms with Gasteiger partial charge in [-0.15, -0.1) is 0 Å². The Hall–Kier alpha value is -1.14. The third kappa shape index (κ3) is 6.34. The summed E-state index contributed by atoms with van der Waals surface area (Å²) in [4.78, 5) is 13.3. The van der Waals surface area contributed by atoms with Gasteiger partial charge in [-0.3, -0.25) is 4.79 Å². The number of pyridine rings is 1. The van der Waals surface area contributed by atoms with E-state index in [1.807, 2.05) is 18.3 Å². The quantitative estimate of drug-likeness (QED) is 0.850. The van der Waals surface area contributed by atoms with Crippen LogP contribution in [0.1, 0.15) is 25.7 Å². The number of halogens is 1. The van der Waals surface area contributed by atoms with Crippen LogP contribution in [0.5, 0.6) is 0 Å². The summed E-state index contributed by atoms with van der Waals surface area (Å²) in [6, 6.07) is 4.50. The van der Waals surface area contributed by atoms with Crippen LogP contribution < -0.4 is 5.32 Å². The molecule has 1 N–H and O–H groups in total. The summed E-state index contributed by atoms with van der Waals surface area (Å²) in [6.07, 6.45) is 6.92. The molecule has 0 aromatic carbocycles. The second-order valence-electron chi connectivity index (χ2n) is 4.56. The Morgan fingerprint density at radius 3 is 2.70 bits per heavy atom. The van der Waals surface area contributed by atoms with Gasteiger partial charge >= 0.3 is 0 Å². The van der Waals surface area contributed by atoms with Crippen LogP contribution in [0.3, 0.4) is 0 Å². The molecule has 0 radical (unpaired) electrons. The molecule has 1 fully saturated rings. The van der Waals surface area contributed by atoms with Gasteiger partial charge in [-0.2, -0.15) is 0 Å². The lowest BCUT2D eigenvalue weighted by Gasteiger charge is -2.29. The summed E-state index contributed by atoms with van der Waals surface area (Å²) in [6.45, 7) is 0.375. The average molecular weight is 345 g/mol. The van der Waals surface area contributed by atoms with Crippen LogP contribution in [-0.2, 0) is 14.3 Å². The Morgan fingerprint density at radius 2 is 2.15 bits per heavy atom. The van der Waals surface area contributed by atoms with Crippen LogP contribution in [0, 0.1) is 0 Å². The van der Waals surface area contributed by atoms with Gasteiger partial charge in [-0.05, 0) is 53.7 Å². The van der Waals surface area contributed by atoms with Gasteiger partial charge in [0.15, 0.2) is 0 Å². The third-order valence-corrected chi connectivity index (χ3v) is 3.60. The fourth-order valence-corrected chi connectivity index (χ4v) is 2.40. The molecular weight excluding hydrogens is 324 g/mol. The highest BCUT2D eigenvalue weighted by atomic mass is 79.9. The SMILES string of the molecule is COC1CCCC(Nc2ccc(Br)cn2)C1.COC=O. The van der Waals surface area contributed by atoms with E-state index in [1.165, 1.54) is 26.4 Å². The zero-order chi connectivity index (χ0) is 14.8. The minimum Gasteiger partial charge on any atom is -0.471 e. The van der Waals surface area contributed by atoms with E-state index in [1.54, 1.807) is 7.11 Å². The molecule has 6 heteroatoms. The van der Waals surface area contributed by atoms with Gasteiger partial charge in [0, 0.05) is 23.8 Å². The monoisotopic (exact) mass is 344 g/mol. The maximum absolute atomic E-state index is 8.95. The van der Waals surface area contributed by atoms with Crippen molar-refractivity contribution in [1.29, 1.82) is 0 Å². The van der Waals surface area contributed by atoms with Crippen LogP contribution in [-0.4, -0.2) is 37.8 Å². The first-order valence-corrected chi connectivity index (χ1v) is 7.36. The lowest BCUT2D eigenvalue weighted by molar-refractivity contribution is -0.126. The Kier molecular flexibility index (Phi) is 8.22. The predicted molar refractivity (Wildman–Crippen MR) is 81.7 cm³/mol. The van der Waals surface area contributed by atoms with Gasteiger partial charge in [0.05, 0.1) is 13.2 Å². The van der Waals surface area contributed by atoms with Crippen LogP contribution in [0.25, 0.3) is 0 Å². The van der Waals surface area contributed by atoms with Crippen molar-refractivity contribution in [2.45, 2.75) is 37.8 Å². The Balaban J connectivity index is 0.000000444. The molecule has 20 heavy (non-hydrogen) atoms. The highest BCUT2D eigenvalue weighted by molar-refractivity contribution is 9.10. The number of hydrogen-bond donors (Lipinski definition) is 1. The molecule has 1 saturated carbocycles. The smallest absolute Gasteiger partial charge is 0.292 e. The molecule has 1 aromatic heterocycles. The first kappa shape index (κ1) is 16.9. The fourth-order valence-electron chi connectivity index (χ4n) is 2.16. The molecule has 0 amide bonds. The van der Waals surface area contributed by atoms with Crippen LogP contribution in [0.4, 0.5) is 5.82 Å². The third-order valence-electron chi connectivity index (χ3n) is 3.14. The van der Waals surface area contributed by atoms with E-state index in [-0.39, 0.29) is 0 Å². The number of nitrogens with zero attached hydrogens (tertiary/aromatic N) is 1. The standard InChI is InChI=1S/C12H17BrN2O.C2H4O2/c1-16-11-4-2-3-10(7-11)15-12-6-5-9(13)8-14-12;1-4-2-3/h5-6,8,10-11H,2-4,7H2,1H3,(H,14,15);2H,1H3. The Labute approximate surface area is 128 Å². The zero-order valence-corrected chi connectivity index (χ0v) is 13.4. The number of nitrogens with one attached hydrogen (secondary N) is 1. The summed E-state index contributed by atoms with van der Waals surface area (Å²) < 4.78 is 10.3. The fraction of sp³-hybridized carbons (Fsp3) is 0.571. The molecule has 1 aromatic rings. The number of hydrogen-bond acceptors (Lipinski definition) is 5. The van der Waals surface area contributed by atoms with E-state index in [4.69, 9.17) is 9.53 Å². The molecule has 0 saturated heterocycles. The highest BCUT2D eigenvalue weighted by Crippen LogP contribution is 2.23. The molecule has 0 aliphatic heterocycles. The molecule has 2 atom stereocenters. The lowest BCUT2D eigenvalue weighted by Crippen LogP contribution is -2.31. The summed E-state index contributed by atoms with van der Waals surface area (Å²) in [5, 5.41) is 3.46. The van der Waals surface area contributed by atoms with Gasteiger partial charge < -0.3 is 14.8 Å². The van der Waals surface area contributed by atoms with Crippen molar-refractivity contribution in [3.63, 3.8) is 0 Å². The number of ether oxygens (including phenoxy) is 2. The van der Waals surface area contributed by atoms with Gasteiger partial charge in [0.25, 0.3) is 6.47 Å². The van der Waals surface area contributed by atoms with Gasteiger partial charge in [0.2, 0.25) is 0 Å². The summed E-state index contributed by atoms with van der Waals surface area (Å²) in [5.41, 5.74) is 0. The highest BCUT2D eigenvalue weighted by Gasteiger charge is 2.21. The summed E-state index contributed by atoms with van der Waals surface area (Å²) >= 11 is 3.38. The molecule has 2 unspecified atom stereocenters. The Bertz CT molecular complexity index is 387. The molecule has 112 valence electrons. The normalized spacial score (nSPS) is 21.4. The Morgan fingerprint density at radius 1 is 1.40 bits per heavy atom. The minimum absolute atomic E-state index is 0.375. The van der Waals surface area contributed by atoms with E-state index >= 15 is 0 Å². The molecular formula is C14H21BrN2O3. The van der Waals surface area contributed by atoms with E-state index in [0.29, 0.717) is 18.6 Å². The predicted octanol–water partition coefficient (Wildman–Crippen LogP) is 3.00. The number of carbonyl (C=O) groups is 1.